The molecule has 0 aromatic heterocycles. The molecular weight excluding hydrogens is 342 g/mol. The maximum absolute atomic E-state index is 12.9. The van der Waals surface area contributed by atoms with E-state index in [1.165, 1.54) is 26.4 Å². The van der Waals surface area contributed by atoms with Crippen LogP contribution in [0.1, 0.15) is 56.9 Å². The molecule has 1 fully saturated rings. The third-order valence-electron chi connectivity index (χ3n) is 5.10. The van der Waals surface area contributed by atoms with Crippen LogP contribution in [0.5, 0.6) is 5.75 Å². The molecule has 5 heteroatoms. The van der Waals surface area contributed by atoms with Gasteiger partial charge in [-0.2, -0.15) is 0 Å². The van der Waals surface area contributed by atoms with Gasteiger partial charge in [0, 0.05) is 18.7 Å². The van der Waals surface area contributed by atoms with Gasteiger partial charge in [0.1, 0.15) is 5.75 Å². The van der Waals surface area contributed by atoms with Crippen molar-refractivity contribution in [3.63, 3.8) is 0 Å². The number of ether oxygens (including phenoxy) is 2. The molecule has 2 rings (SSSR count). The van der Waals surface area contributed by atoms with E-state index in [9.17, 15) is 9.59 Å². The molecule has 0 saturated heterocycles. The second kappa shape index (κ2) is 11.4. The average molecular weight is 373 g/mol. The minimum atomic E-state index is -0.282. The first kappa shape index (κ1) is 21.0. The number of nitrogens with zero attached hydrogens (tertiary/aromatic N) is 1. The monoisotopic (exact) mass is 373 g/mol. The zero-order chi connectivity index (χ0) is 19.5. The second-order valence-electron chi connectivity index (χ2n) is 6.97. The van der Waals surface area contributed by atoms with E-state index in [2.05, 4.69) is 0 Å². The van der Waals surface area contributed by atoms with E-state index in [1.54, 1.807) is 19.3 Å². The van der Waals surface area contributed by atoms with Gasteiger partial charge in [0.2, 0.25) is 5.91 Å². The molecule has 27 heavy (non-hydrogen) atoms. The Morgan fingerprint density at radius 1 is 1.11 bits per heavy atom. The predicted octanol–water partition coefficient (Wildman–Crippen LogP) is 4.21. The summed E-state index contributed by atoms with van der Waals surface area (Å²) in [5.41, 5.74) is 0.910. The molecule has 0 bridgehead atoms. The Balaban J connectivity index is 2.10. The number of benzene rings is 1. The summed E-state index contributed by atoms with van der Waals surface area (Å²) in [6.07, 6.45) is 11.6. The summed E-state index contributed by atoms with van der Waals surface area (Å²) in [6, 6.07) is 7.78. The number of hydrogen-bond donors (Lipinski definition) is 0. The molecule has 0 atom stereocenters. The van der Waals surface area contributed by atoms with Crippen molar-refractivity contribution in [3.8, 4) is 5.75 Å². The lowest BCUT2D eigenvalue weighted by Crippen LogP contribution is -2.41. The highest BCUT2D eigenvalue weighted by Crippen LogP contribution is 2.22. The number of esters is 1. The lowest BCUT2D eigenvalue weighted by atomic mass is 9.95. The molecule has 0 N–H and O–H groups in total. The van der Waals surface area contributed by atoms with E-state index in [1.807, 2.05) is 29.2 Å². The molecule has 0 aliphatic heterocycles. The molecule has 1 saturated carbocycles. The minimum Gasteiger partial charge on any atom is -0.497 e. The van der Waals surface area contributed by atoms with Crippen molar-refractivity contribution < 1.29 is 19.1 Å². The van der Waals surface area contributed by atoms with Gasteiger partial charge < -0.3 is 14.4 Å². The number of carbonyl (C=O) groups is 2. The summed E-state index contributed by atoms with van der Waals surface area (Å²) in [5, 5.41) is 0. The standard InChI is InChI=1S/C22H31NO4/c1-26-20-12-8-9-18(17-20)13-14-21(24)23(16-15-22(25)27-2)19-10-6-4-3-5-7-11-19/h8-9,12-14,17,19H,3-7,10-11,15-16H2,1-2H3/b14-13+. The fourth-order valence-corrected chi connectivity index (χ4v) is 3.54. The van der Waals surface area contributed by atoms with Gasteiger partial charge in [-0.25, -0.2) is 0 Å². The highest BCUT2D eigenvalue weighted by atomic mass is 16.5. The zero-order valence-electron chi connectivity index (χ0n) is 16.5. The zero-order valence-corrected chi connectivity index (χ0v) is 16.5. The van der Waals surface area contributed by atoms with E-state index in [-0.39, 0.29) is 24.3 Å². The van der Waals surface area contributed by atoms with Crippen LogP contribution in [0.4, 0.5) is 0 Å². The summed E-state index contributed by atoms with van der Waals surface area (Å²) in [7, 11) is 3.00. The van der Waals surface area contributed by atoms with Crippen LogP contribution in [0.25, 0.3) is 6.08 Å². The molecule has 0 radical (unpaired) electrons. The molecule has 1 aliphatic carbocycles. The Kier molecular flexibility index (Phi) is 8.89. The summed E-state index contributed by atoms with van der Waals surface area (Å²) < 4.78 is 9.99. The Hall–Kier alpha value is -2.30. The van der Waals surface area contributed by atoms with Crippen molar-refractivity contribution in [2.75, 3.05) is 20.8 Å². The number of hydrogen-bond acceptors (Lipinski definition) is 4. The fourth-order valence-electron chi connectivity index (χ4n) is 3.54. The lowest BCUT2D eigenvalue weighted by Gasteiger charge is -2.32. The minimum absolute atomic E-state index is 0.0488. The first-order valence-corrected chi connectivity index (χ1v) is 9.83. The Morgan fingerprint density at radius 3 is 2.48 bits per heavy atom. The molecule has 0 heterocycles. The smallest absolute Gasteiger partial charge is 0.307 e. The number of rotatable bonds is 7. The van der Waals surface area contributed by atoms with Gasteiger partial charge >= 0.3 is 5.97 Å². The summed E-state index contributed by atoms with van der Waals surface area (Å²) >= 11 is 0. The van der Waals surface area contributed by atoms with E-state index in [0.717, 1.165) is 37.0 Å². The fraction of sp³-hybridized carbons (Fsp3) is 0.545. The predicted molar refractivity (Wildman–Crippen MR) is 106 cm³/mol. The highest BCUT2D eigenvalue weighted by molar-refractivity contribution is 5.92. The molecular formula is C22H31NO4. The summed E-state index contributed by atoms with van der Waals surface area (Å²) in [6.45, 7) is 0.401. The molecule has 1 aliphatic rings. The SMILES string of the molecule is COC(=O)CCN(C(=O)/C=C/c1cccc(OC)c1)C1CCCCCCC1. The number of methoxy groups -OCH3 is 2. The van der Waals surface area contributed by atoms with Crippen LogP contribution in [0.2, 0.25) is 0 Å². The molecule has 1 aromatic rings. The summed E-state index contributed by atoms with van der Waals surface area (Å²) in [4.78, 5) is 26.4. The van der Waals surface area contributed by atoms with Crippen molar-refractivity contribution in [2.45, 2.75) is 57.4 Å². The summed E-state index contributed by atoms with van der Waals surface area (Å²) in [5.74, 6) is 0.426. The van der Waals surface area contributed by atoms with Gasteiger partial charge in [-0.1, -0.05) is 44.2 Å². The van der Waals surface area contributed by atoms with Crippen molar-refractivity contribution in [1.82, 2.24) is 4.90 Å². The topological polar surface area (TPSA) is 55.8 Å². The van der Waals surface area contributed by atoms with Crippen molar-refractivity contribution >= 4 is 18.0 Å². The van der Waals surface area contributed by atoms with Crippen LogP contribution in [0, 0.1) is 0 Å². The first-order chi connectivity index (χ1) is 13.1. The van der Waals surface area contributed by atoms with Crippen LogP contribution in [0.15, 0.2) is 30.3 Å². The van der Waals surface area contributed by atoms with Crippen LogP contribution < -0.4 is 4.74 Å². The highest BCUT2D eigenvalue weighted by Gasteiger charge is 2.23. The van der Waals surface area contributed by atoms with Crippen LogP contribution in [-0.2, 0) is 14.3 Å². The third-order valence-corrected chi connectivity index (χ3v) is 5.10. The van der Waals surface area contributed by atoms with Crippen LogP contribution in [0.3, 0.4) is 0 Å². The normalized spacial score (nSPS) is 15.8. The van der Waals surface area contributed by atoms with Crippen molar-refractivity contribution in [3.05, 3.63) is 35.9 Å². The van der Waals surface area contributed by atoms with Gasteiger partial charge in [0.25, 0.3) is 0 Å². The Labute approximate surface area is 162 Å². The quantitative estimate of drug-likeness (QED) is 0.531. The lowest BCUT2D eigenvalue weighted by molar-refractivity contribution is -0.141. The van der Waals surface area contributed by atoms with Gasteiger partial charge in [-0.3, -0.25) is 9.59 Å². The third kappa shape index (κ3) is 7.08. The first-order valence-electron chi connectivity index (χ1n) is 9.83. The molecule has 0 unspecified atom stereocenters. The second-order valence-corrected chi connectivity index (χ2v) is 6.97. The van der Waals surface area contributed by atoms with Gasteiger partial charge in [-0.05, 0) is 36.6 Å². The van der Waals surface area contributed by atoms with E-state index < -0.39 is 0 Å². The maximum atomic E-state index is 12.9. The molecule has 0 spiro atoms. The average Bonchev–Trinajstić information content (AvgIpc) is 2.67. The molecule has 1 aromatic carbocycles. The largest absolute Gasteiger partial charge is 0.497 e. The van der Waals surface area contributed by atoms with Crippen LogP contribution in [-0.4, -0.2) is 43.6 Å². The molecule has 5 nitrogen and oxygen atoms in total. The van der Waals surface area contributed by atoms with E-state index in [0.29, 0.717) is 6.54 Å². The Morgan fingerprint density at radius 2 is 1.81 bits per heavy atom. The Bertz CT molecular complexity index is 633. The van der Waals surface area contributed by atoms with E-state index in [4.69, 9.17) is 9.47 Å². The number of carbonyl (C=O) groups excluding carboxylic acids is 2. The van der Waals surface area contributed by atoms with Crippen molar-refractivity contribution in [1.29, 1.82) is 0 Å². The van der Waals surface area contributed by atoms with Gasteiger partial charge in [0.05, 0.1) is 20.6 Å². The van der Waals surface area contributed by atoms with Crippen molar-refractivity contribution in [2.24, 2.45) is 0 Å². The number of amides is 1. The maximum Gasteiger partial charge on any atom is 0.307 e. The molecule has 1 amide bonds. The van der Waals surface area contributed by atoms with Gasteiger partial charge in [0.15, 0.2) is 0 Å². The van der Waals surface area contributed by atoms with Crippen LogP contribution >= 0.6 is 0 Å². The van der Waals surface area contributed by atoms with Gasteiger partial charge in [-0.15, -0.1) is 0 Å². The molecule has 148 valence electrons. The van der Waals surface area contributed by atoms with E-state index >= 15 is 0 Å².